The van der Waals surface area contributed by atoms with Crippen LogP contribution in [-0.2, 0) is 9.59 Å². The molecule has 1 aromatic heterocycles. The number of halogens is 1. The van der Waals surface area contributed by atoms with Gasteiger partial charge in [-0.1, -0.05) is 23.4 Å². The molecule has 0 saturated heterocycles. The van der Waals surface area contributed by atoms with Gasteiger partial charge in [-0.3, -0.25) is 9.59 Å². The summed E-state index contributed by atoms with van der Waals surface area (Å²) in [6.07, 6.45) is 0.611. The minimum atomic E-state index is -0.543. The topological polar surface area (TPSA) is 89.8 Å². The summed E-state index contributed by atoms with van der Waals surface area (Å²) < 4.78 is 1.60. The van der Waals surface area contributed by atoms with Crippen LogP contribution in [0.25, 0.3) is 5.69 Å². The first-order valence-electron chi connectivity index (χ1n) is 7.74. The summed E-state index contributed by atoms with van der Waals surface area (Å²) in [4.78, 5) is 23.3. The number of carbonyl (C=O) groups is 2. The highest BCUT2D eigenvalue weighted by Crippen LogP contribution is 2.20. The number of aromatic nitrogens is 4. The highest BCUT2D eigenvalue weighted by atomic mass is 35.5. The third kappa shape index (κ3) is 6.13. The molecule has 0 aliphatic heterocycles. The molecule has 0 bridgehead atoms. The molecule has 0 unspecified atom stereocenters. The van der Waals surface area contributed by atoms with Gasteiger partial charge in [0.15, 0.2) is 0 Å². The number of rotatable bonds is 8. The van der Waals surface area contributed by atoms with Crippen molar-refractivity contribution < 1.29 is 9.59 Å². The van der Waals surface area contributed by atoms with Crippen LogP contribution in [0.3, 0.4) is 0 Å². The molecule has 1 N–H and O–H groups in total. The zero-order chi connectivity index (χ0) is 18.4. The smallest absolute Gasteiger partial charge is 0.221 e. The molecule has 9 heteroatoms. The third-order valence-corrected chi connectivity index (χ3v) is 4.41. The molecule has 2 aromatic rings. The van der Waals surface area contributed by atoms with E-state index in [1.54, 1.807) is 16.8 Å². The van der Waals surface area contributed by atoms with Crippen LogP contribution in [-0.4, -0.2) is 43.2 Å². The maximum absolute atomic E-state index is 12.1. The molecule has 134 valence electrons. The SMILES string of the molecule is CC(=O)CC(C)(C)NC(=O)CCSc1nnnn1-c1ccc(Cl)cc1. The minimum absolute atomic E-state index is 0.0433. The van der Waals surface area contributed by atoms with Gasteiger partial charge in [-0.25, -0.2) is 0 Å². The standard InChI is InChI=1S/C16H20ClN5O2S/c1-11(23)10-16(2,3)18-14(24)8-9-25-15-19-20-21-22(15)13-6-4-12(17)5-7-13/h4-7H,8-10H2,1-3H3,(H,18,24). The van der Waals surface area contributed by atoms with Gasteiger partial charge in [0.2, 0.25) is 11.1 Å². The van der Waals surface area contributed by atoms with Gasteiger partial charge in [0.05, 0.1) is 5.69 Å². The molecule has 1 amide bonds. The van der Waals surface area contributed by atoms with Crippen LogP contribution in [0.2, 0.25) is 5.02 Å². The van der Waals surface area contributed by atoms with Crippen LogP contribution in [0, 0.1) is 0 Å². The molecule has 0 atom stereocenters. The van der Waals surface area contributed by atoms with Crippen LogP contribution in [0.5, 0.6) is 0 Å². The van der Waals surface area contributed by atoms with E-state index >= 15 is 0 Å². The first-order chi connectivity index (χ1) is 11.8. The number of amides is 1. The summed E-state index contributed by atoms with van der Waals surface area (Å²) in [5.41, 5.74) is 0.252. The Labute approximate surface area is 155 Å². The van der Waals surface area contributed by atoms with E-state index < -0.39 is 5.54 Å². The van der Waals surface area contributed by atoms with Crippen molar-refractivity contribution in [2.24, 2.45) is 0 Å². The zero-order valence-electron chi connectivity index (χ0n) is 14.3. The Hall–Kier alpha value is -1.93. The van der Waals surface area contributed by atoms with Crippen molar-refractivity contribution in [1.29, 1.82) is 0 Å². The van der Waals surface area contributed by atoms with Gasteiger partial charge in [-0.15, -0.1) is 5.10 Å². The summed E-state index contributed by atoms with van der Waals surface area (Å²) in [7, 11) is 0. The molecule has 0 aliphatic carbocycles. The molecule has 0 radical (unpaired) electrons. The fourth-order valence-electron chi connectivity index (χ4n) is 2.35. The highest BCUT2D eigenvalue weighted by Gasteiger charge is 2.22. The molecular formula is C16H20ClN5O2S. The van der Waals surface area contributed by atoms with Gasteiger partial charge >= 0.3 is 0 Å². The Kier molecular flexibility index (Phi) is 6.55. The van der Waals surface area contributed by atoms with Crippen molar-refractivity contribution in [3.63, 3.8) is 0 Å². The molecule has 7 nitrogen and oxygen atoms in total. The van der Waals surface area contributed by atoms with E-state index in [4.69, 9.17) is 11.6 Å². The van der Waals surface area contributed by atoms with Gasteiger partial charge in [-0.05, 0) is 55.5 Å². The van der Waals surface area contributed by atoms with Crippen molar-refractivity contribution in [2.75, 3.05) is 5.75 Å². The Balaban J connectivity index is 1.88. The summed E-state index contributed by atoms with van der Waals surface area (Å²) in [6, 6.07) is 7.16. The first-order valence-corrected chi connectivity index (χ1v) is 9.11. The van der Waals surface area contributed by atoms with E-state index in [1.165, 1.54) is 18.7 Å². The second kappa shape index (κ2) is 8.44. The van der Waals surface area contributed by atoms with E-state index in [1.807, 2.05) is 26.0 Å². The van der Waals surface area contributed by atoms with Crippen LogP contribution in [0.1, 0.15) is 33.6 Å². The maximum Gasteiger partial charge on any atom is 0.221 e. The average Bonchev–Trinajstić information content (AvgIpc) is 2.94. The van der Waals surface area contributed by atoms with Crippen molar-refractivity contribution >= 4 is 35.1 Å². The summed E-state index contributed by atoms with van der Waals surface area (Å²) in [5, 5.41) is 15.7. The van der Waals surface area contributed by atoms with Gasteiger partial charge in [0.25, 0.3) is 0 Å². The van der Waals surface area contributed by atoms with Gasteiger partial charge in [0, 0.05) is 29.2 Å². The van der Waals surface area contributed by atoms with Gasteiger partial charge in [-0.2, -0.15) is 4.68 Å². The predicted octanol–water partition coefficient (Wildman–Crippen LogP) is 2.67. The minimum Gasteiger partial charge on any atom is -0.351 e. The Morgan fingerprint density at radius 3 is 2.60 bits per heavy atom. The van der Waals surface area contributed by atoms with Crippen molar-refractivity contribution in [2.45, 2.75) is 44.3 Å². The largest absolute Gasteiger partial charge is 0.351 e. The predicted molar refractivity (Wildman–Crippen MR) is 97.0 cm³/mol. The molecule has 0 saturated carbocycles. The molecule has 25 heavy (non-hydrogen) atoms. The lowest BCUT2D eigenvalue weighted by Gasteiger charge is -2.24. The molecule has 1 aromatic carbocycles. The van der Waals surface area contributed by atoms with Crippen molar-refractivity contribution in [3.8, 4) is 5.69 Å². The number of carbonyl (C=O) groups excluding carboxylic acids is 2. The van der Waals surface area contributed by atoms with Crippen LogP contribution in [0.15, 0.2) is 29.4 Å². The number of hydrogen-bond donors (Lipinski definition) is 1. The average molecular weight is 382 g/mol. The summed E-state index contributed by atoms with van der Waals surface area (Å²) >= 11 is 7.27. The van der Waals surface area contributed by atoms with E-state index in [2.05, 4.69) is 20.8 Å². The Morgan fingerprint density at radius 1 is 1.28 bits per heavy atom. The van der Waals surface area contributed by atoms with Gasteiger partial charge < -0.3 is 5.32 Å². The highest BCUT2D eigenvalue weighted by molar-refractivity contribution is 7.99. The van der Waals surface area contributed by atoms with Crippen molar-refractivity contribution in [1.82, 2.24) is 25.5 Å². The second-order valence-corrected chi connectivity index (χ2v) is 7.76. The fraction of sp³-hybridized carbons (Fsp3) is 0.438. The number of hydrogen-bond acceptors (Lipinski definition) is 6. The quantitative estimate of drug-likeness (QED) is 0.707. The third-order valence-electron chi connectivity index (χ3n) is 3.24. The fourth-order valence-corrected chi connectivity index (χ4v) is 3.31. The summed E-state index contributed by atoms with van der Waals surface area (Å²) in [6.45, 7) is 5.18. The van der Waals surface area contributed by atoms with E-state index in [9.17, 15) is 9.59 Å². The number of nitrogens with one attached hydrogen (secondary N) is 1. The monoisotopic (exact) mass is 381 g/mol. The number of ketones is 1. The normalized spacial score (nSPS) is 11.4. The number of Topliss-reactive ketones (excluding diaryl/α,β-unsaturated/α-hetero) is 1. The van der Waals surface area contributed by atoms with E-state index in [-0.39, 0.29) is 11.7 Å². The molecule has 1 heterocycles. The summed E-state index contributed by atoms with van der Waals surface area (Å²) in [5.74, 6) is 0.460. The van der Waals surface area contributed by atoms with E-state index in [0.717, 1.165) is 5.69 Å². The molecular weight excluding hydrogens is 362 g/mol. The lowest BCUT2D eigenvalue weighted by Crippen LogP contribution is -2.44. The molecule has 0 aliphatic rings. The number of tetrazole rings is 1. The number of thioether (sulfide) groups is 1. The van der Waals surface area contributed by atoms with Crippen LogP contribution < -0.4 is 5.32 Å². The number of nitrogens with zero attached hydrogens (tertiary/aromatic N) is 4. The van der Waals surface area contributed by atoms with Gasteiger partial charge in [0.1, 0.15) is 5.78 Å². The molecule has 0 fully saturated rings. The number of benzene rings is 1. The molecule has 0 spiro atoms. The van der Waals surface area contributed by atoms with Crippen LogP contribution >= 0.6 is 23.4 Å². The Bertz CT molecular complexity index is 745. The second-order valence-electron chi connectivity index (χ2n) is 6.26. The van der Waals surface area contributed by atoms with Crippen molar-refractivity contribution in [3.05, 3.63) is 29.3 Å². The lowest BCUT2D eigenvalue weighted by molar-refractivity contribution is -0.123. The van der Waals surface area contributed by atoms with E-state index in [0.29, 0.717) is 28.8 Å². The maximum atomic E-state index is 12.1. The Morgan fingerprint density at radius 2 is 1.96 bits per heavy atom. The lowest BCUT2D eigenvalue weighted by atomic mass is 9.98. The van der Waals surface area contributed by atoms with Crippen LogP contribution in [0.4, 0.5) is 0 Å². The zero-order valence-corrected chi connectivity index (χ0v) is 15.9. The molecule has 2 rings (SSSR count). The first kappa shape index (κ1) is 19.4.